The van der Waals surface area contributed by atoms with Gasteiger partial charge in [0.25, 0.3) is 0 Å². The van der Waals surface area contributed by atoms with E-state index >= 15 is 0 Å². The number of nitrogens with zero attached hydrogens (tertiary/aromatic N) is 3. The summed E-state index contributed by atoms with van der Waals surface area (Å²) in [7, 11) is 3.23. The number of ketones is 1. The number of carbonyl (C=O) groups is 1. The van der Waals surface area contributed by atoms with Crippen LogP contribution >= 0.6 is 0 Å². The third-order valence-electron chi connectivity index (χ3n) is 4.54. The summed E-state index contributed by atoms with van der Waals surface area (Å²) in [5.41, 5.74) is 2.51. The van der Waals surface area contributed by atoms with Crippen molar-refractivity contribution in [1.29, 1.82) is 0 Å². The summed E-state index contributed by atoms with van der Waals surface area (Å²) < 4.78 is 12.6. The molecule has 0 spiro atoms. The van der Waals surface area contributed by atoms with Gasteiger partial charge in [-0.25, -0.2) is 4.68 Å². The van der Waals surface area contributed by atoms with Crippen LogP contribution in [0.15, 0.2) is 35.8 Å². The van der Waals surface area contributed by atoms with E-state index in [1.807, 2.05) is 18.2 Å². The van der Waals surface area contributed by atoms with Gasteiger partial charge in [0.2, 0.25) is 5.95 Å². The maximum Gasteiger partial charge on any atom is 0.226 e. The fraction of sp³-hybridized carbons (Fsp3) is 0.353. The molecule has 0 saturated heterocycles. The van der Waals surface area contributed by atoms with Gasteiger partial charge in [-0.3, -0.25) is 4.79 Å². The molecule has 1 aliphatic heterocycles. The molecule has 2 aromatic rings. The van der Waals surface area contributed by atoms with Gasteiger partial charge in [0.1, 0.15) is 23.9 Å². The molecule has 0 unspecified atom stereocenters. The molecule has 0 bridgehead atoms. The number of ether oxygens (including phenoxy) is 2. The molecule has 1 aromatic heterocycles. The molecular weight excluding hydrogens is 308 g/mol. The van der Waals surface area contributed by atoms with Crippen LogP contribution in [0.4, 0.5) is 5.95 Å². The van der Waals surface area contributed by atoms with Crippen LogP contribution in [0.25, 0.3) is 0 Å². The summed E-state index contributed by atoms with van der Waals surface area (Å²) >= 11 is 0. The molecule has 1 atom stereocenters. The fourth-order valence-corrected chi connectivity index (χ4v) is 3.44. The molecule has 2 heterocycles. The first kappa shape index (κ1) is 14.7. The smallest absolute Gasteiger partial charge is 0.226 e. The van der Waals surface area contributed by atoms with Gasteiger partial charge < -0.3 is 14.8 Å². The molecule has 0 saturated carbocycles. The zero-order valence-electron chi connectivity index (χ0n) is 13.6. The molecule has 1 aliphatic carbocycles. The molecule has 7 nitrogen and oxygen atoms in total. The van der Waals surface area contributed by atoms with Crippen LogP contribution in [0.1, 0.15) is 30.9 Å². The van der Waals surface area contributed by atoms with Crippen molar-refractivity contribution in [3.8, 4) is 11.5 Å². The van der Waals surface area contributed by atoms with Gasteiger partial charge in [-0.05, 0) is 31.0 Å². The Bertz CT molecular complexity index is 840. The molecule has 1 N–H and O–H groups in total. The Hall–Kier alpha value is -2.83. The van der Waals surface area contributed by atoms with Gasteiger partial charge >= 0.3 is 0 Å². The number of nitrogens with one attached hydrogen (secondary N) is 1. The average molecular weight is 326 g/mol. The first-order valence-electron chi connectivity index (χ1n) is 7.87. The number of hydrogen-bond acceptors (Lipinski definition) is 6. The van der Waals surface area contributed by atoms with Crippen LogP contribution in [0.3, 0.4) is 0 Å². The second-order valence-electron chi connectivity index (χ2n) is 5.83. The van der Waals surface area contributed by atoms with Crippen LogP contribution < -0.4 is 14.8 Å². The summed E-state index contributed by atoms with van der Waals surface area (Å²) in [6, 6.07) is 5.22. The molecule has 24 heavy (non-hydrogen) atoms. The summed E-state index contributed by atoms with van der Waals surface area (Å²) in [6.07, 6.45) is 3.72. The van der Waals surface area contributed by atoms with Crippen molar-refractivity contribution in [3.63, 3.8) is 0 Å². The molecule has 7 heteroatoms. The predicted molar refractivity (Wildman–Crippen MR) is 87.2 cm³/mol. The number of allylic oxidation sites excluding steroid dienone is 2. The average Bonchev–Trinajstić information content (AvgIpc) is 3.07. The molecule has 0 amide bonds. The number of anilines is 1. The predicted octanol–water partition coefficient (Wildman–Crippen LogP) is 2.32. The number of fused-ring (bicyclic) bond motifs is 1. The zero-order chi connectivity index (χ0) is 16.7. The lowest BCUT2D eigenvalue weighted by molar-refractivity contribution is -0.116. The van der Waals surface area contributed by atoms with Crippen LogP contribution in [-0.4, -0.2) is 34.8 Å². The third-order valence-corrected chi connectivity index (χ3v) is 4.54. The molecule has 0 fully saturated rings. The standard InChI is InChI=1S/C17H18N4O3/c1-23-10-6-7-14(24-2)11(8-10)16-15-12(4-3-5-13(15)22)20-17-18-9-19-21(16)17/h6-9,16H,3-5H2,1-2H3,(H,18,19,20)/t16-/m0/s1. The van der Waals surface area contributed by atoms with E-state index in [2.05, 4.69) is 15.4 Å². The number of rotatable bonds is 3. The second-order valence-corrected chi connectivity index (χ2v) is 5.83. The molecule has 0 radical (unpaired) electrons. The number of benzene rings is 1. The summed E-state index contributed by atoms with van der Waals surface area (Å²) in [4.78, 5) is 16.9. The minimum Gasteiger partial charge on any atom is -0.497 e. The molecule has 124 valence electrons. The highest BCUT2D eigenvalue weighted by Gasteiger charge is 2.37. The van der Waals surface area contributed by atoms with E-state index in [0.717, 1.165) is 29.7 Å². The van der Waals surface area contributed by atoms with Gasteiger partial charge in [-0.15, -0.1) is 0 Å². The number of aromatic nitrogens is 3. The second kappa shape index (κ2) is 5.67. The Kier molecular flexibility index (Phi) is 3.48. The molecule has 4 rings (SSSR count). The van der Waals surface area contributed by atoms with E-state index < -0.39 is 0 Å². The SMILES string of the molecule is COc1ccc(OC)c([C@H]2C3=C(CCCC3=O)Nc3ncnn32)c1. The summed E-state index contributed by atoms with van der Waals surface area (Å²) in [5.74, 6) is 2.17. The number of carbonyl (C=O) groups excluding carboxylic acids is 1. The van der Waals surface area contributed by atoms with Crippen molar-refractivity contribution in [1.82, 2.24) is 14.8 Å². The van der Waals surface area contributed by atoms with E-state index in [1.165, 1.54) is 6.33 Å². The molecular formula is C17H18N4O3. The van der Waals surface area contributed by atoms with Crippen molar-refractivity contribution in [2.75, 3.05) is 19.5 Å². The maximum atomic E-state index is 12.7. The van der Waals surface area contributed by atoms with E-state index in [1.54, 1.807) is 18.9 Å². The van der Waals surface area contributed by atoms with Crippen LogP contribution in [0.5, 0.6) is 11.5 Å². The zero-order valence-corrected chi connectivity index (χ0v) is 13.6. The van der Waals surface area contributed by atoms with Crippen molar-refractivity contribution in [3.05, 3.63) is 41.4 Å². The monoisotopic (exact) mass is 326 g/mol. The number of Topliss-reactive ketones (excluding diaryl/α,β-unsaturated/α-hetero) is 1. The van der Waals surface area contributed by atoms with Crippen molar-refractivity contribution >= 4 is 11.7 Å². The molecule has 1 aromatic carbocycles. The minimum absolute atomic E-state index is 0.139. The number of methoxy groups -OCH3 is 2. The Morgan fingerprint density at radius 1 is 1.25 bits per heavy atom. The normalized spacial score (nSPS) is 19.4. The Morgan fingerprint density at radius 3 is 2.92 bits per heavy atom. The number of hydrogen-bond donors (Lipinski definition) is 1. The minimum atomic E-state index is -0.364. The Balaban J connectivity index is 1.95. The molecule has 2 aliphatic rings. The van der Waals surface area contributed by atoms with Crippen LogP contribution in [0.2, 0.25) is 0 Å². The van der Waals surface area contributed by atoms with E-state index in [9.17, 15) is 4.79 Å². The van der Waals surface area contributed by atoms with E-state index in [0.29, 0.717) is 23.9 Å². The lowest BCUT2D eigenvalue weighted by Crippen LogP contribution is -2.31. The summed E-state index contributed by atoms with van der Waals surface area (Å²) in [6.45, 7) is 0. The first-order valence-corrected chi connectivity index (χ1v) is 7.87. The summed E-state index contributed by atoms with van der Waals surface area (Å²) in [5, 5.41) is 7.58. The quantitative estimate of drug-likeness (QED) is 0.932. The fourth-order valence-electron chi connectivity index (χ4n) is 3.44. The maximum absolute atomic E-state index is 12.7. The van der Waals surface area contributed by atoms with Crippen LogP contribution in [-0.2, 0) is 4.79 Å². The van der Waals surface area contributed by atoms with Gasteiger partial charge in [-0.2, -0.15) is 10.1 Å². The van der Waals surface area contributed by atoms with Crippen molar-refractivity contribution in [2.45, 2.75) is 25.3 Å². The highest BCUT2D eigenvalue weighted by Crippen LogP contribution is 2.43. The van der Waals surface area contributed by atoms with Crippen molar-refractivity contribution < 1.29 is 14.3 Å². The van der Waals surface area contributed by atoms with E-state index in [4.69, 9.17) is 9.47 Å². The van der Waals surface area contributed by atoms with Crippen molar-refractivity contribution in [2.24, 2.45) is 0 Å². The van der Waals surface area contributed by atoms with Crippen LogP contribution in [0, 0.1) is 0 Å². The largest absolute Gasteiger partial charge is 0.497 e. The van der Waals surface area contributed by atoms with Gasteiger partial charge in [0.15, 0.2) is 5.78 Å². The Labute approximate surface area is 139 Å². The lowest BCUT2D eigenvalue weighted by atomic mass is 9.85. The van der Waals surface area contributed by atoms with Gasteiger partial charge in [0.05, 0.1) is 14.2 Å². The van der Waals surface area contributed by atoms with Gasteiger partial charge in [0, 0.05) is 23.3 Å². The lowest BCUT2D eigenvalue weighted by Gasteiger charge is -2.32. The highest BCUT2D eigenvalue weighted by molar-refractivity contribution is 5.99. The third kappa shape index (κ3) is 2.16. The highest BCUT2D eigenvalue weighted by atomic mass is 16.5. The topological polar surface area (TPSA) is 78.3 Å². The first-order chi connectivity index (χ1) is 11.7. The van der Waals surface area contributed by atoms with Gasteiger partial charge in [-0.1, -0.05) is 0 Å². The van der Waals surface area contributed by atoms with E-state index in [-0.39, 0.29) is 11.8 Å². The Morgan fingerprint density at radius 2 is 2.12 bits per heavy atom.